The van der Waals surface area contributed by atoms with Gasteiger partial charge in [-0.3, -0.25) is 9.88 Å². The minimum atomic E-state index is -0.262. The van der Waals surface area contributed by atoms with Gasteiger partial charge in [0.05, 0.1) is 22.1 Å². The number of hydrogen-bond acceptors (Lipinski definition) is 3. The quantitative estimate of drug-likeness (QED) is 0.165. The largest absolute Gasteiger partial charge is 0.350 e. The summed E-state index contributed by atoms with van der Waals surface area (Å²) in [6.07, 6.45) is 1.65. The second-order valence-electron chi connectivity index (χ2n) is 15.0. The highest BCUT2D eigenvalue weighted by Gasteiger charge is 2.27. The molecule has 0 saturated carbocycles. The van der Waals surface area contributed by atoms with Crippen molar-refractivity contribution < 1.29 is 0 Å². The summed E-state index contributed by atoms with van der Waals surface area (Å²) >= 11 is 0. The zero-order valence-corrected chi connectivity index (χ0v) is 30.9. The van der Waals surface area contributed by atoms with Crippen LogP contribution in [0.1, 0.15) is 29.0 Å². The second-order valence-corrected chi connectivity index (χ2v) is 15.0. The van der Waals surface area contributed by atoms with E-state index in [4.69, 9.17) is 4.99 Å². The van der Waals surface area contributed by atoms with E-state index in [9.17, 15) is 0 Å². The summed E-state index contributed by atoms with van der Waals surface area (Å²) in [5.74, 6) is 1.81. The number of aliphatic imine (C=N–C) groups is 1. The van der Waals surface area contributed by atoms with Crippen LogP contribution in [0.4, 0.5) is 0 Å². The highest BCUT2D eigenvalue weighted by molar-refractivity contribution is 6.19. The lowest BCUT2D eigenvalue weighted by Gasteiger charge is -2.32. The van der Waals surface area contributed by atoms with Crippen LogP contribution in [0.2, 0.25) is 0 Å². The van der Waals surface area contributed by atoms with Crippen LogP contribution < -0.4 is 10.6 Å². The first-order valence-corrected chi connectivity index (χ1v) is 19.5. The molecule has 1 aliphatic heterocycles. The Labute approximate surface area is 328 Å². The van der Waals surface area contributed by atoms with Gasteiger partial charge in [0.15, 0.2) is 0 Å². The van der Waals surface area contributed by atoms with Gasteiger partial charge in [-0.05, 0) is 87.3 Å². The van der Waals surface area contributed by atoms with E-state index < -0.39 is 0 Å². The van der Waals surface area contributed by atoms with E-state index in [1.807, 2.05) is 0 Å². The molecule has 8 aromatic carbocycles. The lowest BCUT2D eigenvalue weighted by Crippen LogP contribution is -2.44. The molecule has 2 atom stereocenters. The lowest BCUT2D eigenvalue weighted by atomic mass is 10.0. The number of fused-ring (bicyclic) bond motifs is 8. The number of rotatable bonds is 5. The standard InChI is InChI=1S/C51H36N6/c1-2-16-39(17-3-1)56-44-20-10-8-18-40(44)42-29-43-41-19-9-11-21-45(41)57(47(43)30-46(42)56)48-28-38(31-52-48)51-54-49(36-24-22-32-12-4-6-14-34(32)26-36)53-50(55-51)37-25-23-33-13-5-7-15-35(33)27-37/h1-31,49-50,52-53H,(H,54,55). The number of hydrogen-bond donors (Lipinski definition) is 3. The van der Waals surface area contributed by atoms with Crippen molar-refractivity contribution in [2.45, 2.75) is 12.3 Å². The molecule has 0 spiro atoms. The minimum absolute atomic E-state index is 0.168. The summed E-state index contributed by atoms with van der Waals surface area (Å²) in [6.45, 7) is 0. The van der Waals surface area contributed by atoms with Crippen molar-refractivity contribution in [3.05, 3.63) is 205 Å². The molecule has 1 aliphatic rings. The molecule has 270 valence electrons. The molecule has 12 rings (SSSR count). The molecule has 0 radical (unpaired) electrons. The molecule has 3 aromatic heterocycles. The normalized spacial score (nSPS) is 15.9. The molecule has 0 saturated heterocycles. The number of benzene rings is 8. The first-order valence-electron chi connectivity index (χ1n) is 19.5. The van der Waals surface area contributed by atoms with E-state index in [0.29, 0.717) is 0 Å². The summed E-state index contributed by atoms with van der Waals surface area (Å²) in [5, 5.41) is 17.4. The van der Waals surface area contributed by atoms with Crippen molar-refractivity contribution in [1.29, 1.82) is 0 Å². The molecule has 2 unspecified atom stereocenters. The molecule has 11 aromatic rings. The number of nitrogens with zero attached hydrogens (tertiary/aromatic N) is 3. The maximum atomic E-state index is 5.36. The smallest absolute Gasteiger partial charge is 0.133 e. The first kappa shape index (κ1) is 31.9. The topological polar surface area (TPSA) is 62.1 Å². The van der Waals surface area contributed by atoms with Crippen molar-refractivity contribution in [2.75, 3.05) is 0 Å². The van der Waals surface area contributed by atoms with Crippen LogP contribution in [0.5, 0.6) is 0 Å². The molecule has 57 heavy (non-hydrogen) atoms. The third-order valence-corrected chi connectivity index (χ3v) is 11.7. The molecule has 0 bridgehead atoms. The van der Waals surface area contributed by atoms with E-state index in [2.05, 4.69) is 213 Å². The summed E-state index contributed by atoms with van der Waals surface area (Å²) in [6, 6.07) is 65.5. The maximum Gasteiger partial charge on any atom is 0.133 e. The zero-order chi connectivity index (χ0) is 37.5. The van der Waals surface area contributed by atoms with Crippen LogP contribution >= 0.6 is 0 Å². The number of aromatic amines is 1. The Bertz CT molecular complexity index is 3380. The number of H-pyrrole nitrogens is 1. The summed E-state index contributed by atoms with van der Waals surface area (Å²) in [4.78, 5) is 9.04. The monoisotopic (exact) mass is 732 g/mol. The van der Waals surface area contributed by atoms with Gasteiger partial charge in [0, 0.05) is 39.0 Å². The highest BCUT2D eigenvalue weighted by Crippen LogP contribution is 2.40. The molecule has 0 amide bonds. The molecule has 0 fully saturated rings. The van der Waals surface area contributed by atoms with Crippen molar-refractivity contribution in [1.82, 2.24) is 24.8 Å². The van der Waals surface area contributed by atoms with Gasteiger partial charge in [-0.1, -0.05) is 127 Å². The van der Waals surface area contributed by atoms with Gasteiger partial charge in [0.25, 0.3) is 0 Å². The van der Waals surface area contributed by atoms with Gasteiger partial charge >= 0.3 is 0 Å². The van der Waals surface area contributed by atoms with E-state index in [1.165, 1.54) is 54.1 Å². The third-order valence-electron chi connectivity index (χ3n) is 11.7. The Morgan fingerprint density at radius 1 is 0.439 bits per heavy atom. The highest BCUT2D eigenvalue weighted by atomic mass is 15.3. The summed E-state index contributed by atoms with van der Waals surface area (Å²) < 4.78 is 4.75. The molecule has 6 heteroatoms. The Morgan fingerprint density at radius 2 is 1.02 bits per heavy atom. The number of para-hydroxylation sites is 3. The van der Waals surface area contributed by atoms with Gasteiger partial charge in [-0.15, -0.1) is 0 Å². The fourth-order valence-corrected chi connectivity index (χ4v) is 9.01. The Hall–Kier alpha value is -7.41. The molecular formula is C51H36N6. The van der Waals surface area contributed by atoms with Crippen molar-refractivity contribution in [2.24, 2.45) is 4.99 Å². The Morgan fingerprint density at radius 3 is 1.74 bits per heavy atom. The molecule has 0 aliphatic carbocycles. The van der Waals surface area contributed by atoms with Crippen molar-refractivity contribution >= 4 is 71.0 Å². The first-order chi connectivity index (χ1) is 28.2. The average molecular weight is 733 g/mol. The van der Waals surface area contributed by atoms with Crippen LogP contribution in [-0.2, 0) is 0 Å². The van der Waals surface area contributed by atoms with Crippen LogP contribution in [0.25, 0.3) is 76.7 Å². The van der Waals surface area contributed by atoms with Crippen LogP contribution in [0, 0.1) is 0 Å². The third kappa shape index (κ3) is 5.12. The predicted molar refractivity (Wildman–Crippen MR) is 236 cm³/mol. The molecule has 3 N–H and O–H groups in total. The van der Waals surface area contributed by atoms with Crippen molar-refractivity contribution in [3.8, 4) is 11.5 Å². The van der Waals surface area contributed by atoms with Gasteiger partial charge in [0.1, 0.15) is 24.0 Å². The molecule has 6 nitrogen and oxygen atoms in total. The summed E-state index contributed by atoms with van der Waals surface area (Å²) in [5.41, 5.74) is 9.07. The second kappa shape index (κ2) is 12.6. The molecule has 4 heterocycles. The lowest BCUT2D eigenvalue weighted by molar-refractivity contribution is 0.409. The minimum Gasteiger partial charge on any atom is -0.350 e. The average Bonchev–Trinajstić information content (AvgIpc) is 3.98. The zero-order valence-electron chi connectivity index (χ0n) is 30.9. The van der Waals surface area contributed by atoms with Gasteiger partial charge in [-0.25, -0.2) is 4.99 Å². The predicted octanol–water partition coefficient (Wildman–Crippen LogP) is 11.9. The van der Waals surface area contributed by atoms with E-state index in [-0.39, 0.29) is 12.3 Å². The fraction of sp³-hybridized carbons (Fsp3) is 0.0392. The van der Waals surface area contributed by atoms with Crippen LogP contribution in [-0.4, -0.2) is 20.0 Å². The van der Waals surface area contributed by atoms with Crippen LogP contribution in [0.3, 0.4) is 0 Å². The van der Waals surface area contributed by atoms with Crippen LogP contribution in [0.15, 0.2) is 193 Å². The molecular weight excluding hydrogens is 697 g/mol. The Kier molecular flexibility index (Phi) is 7.03. The number of nitrogens with one attached hydrogen (secondary N) is 3. The maximum absolute atomic E-state index is 5.36. The Balaban J connectivity index is 1.02. The van der Waals surface area contributed by atoms with Crippen molar-refractivity contribution in [3.63, 3.8) is 0 Å². The van der Waals surface area contributed by atoms with Gasteiger partial charge < -0.3 is 14.9 Å². The summed E-state index contributed by atoms with van der Waals surface area (Å²) in [7, 11) is 0. The van der Waals surface area contributed by atoms with E-state index in [0.717, 1.165) is 45.1 Å². The van der Waals surface area contributed by atoms with Gasteiger partial charge in [0.2, 0.25) is 0 Å². The number of aromatic nitrogens is 3. The number of amidine groups is 1. The SMILES string of the molecule is c1ccc(-n2c3ccccc3c3cc4c5ccccc5n(-c5cc(C6=NC(c7ccc8ccccc8c7)NC(c7ccc8ccccc8c7)N6)c[nH]5)c4cc32)cc1. The van der Waals surface area contributed by atoms with E-state index >= 15 is 0 Å². The van der Waals surface area contributed by atoms with E-state index in [1.54, 1.807) is 0 Å². The van der Waals surface area contributed by atoms with Gasteiger partial charge in [-0.2, -0.15) is 0 Å². The fourth-order valence-electron chi connectivity index (χ4n) is 9.01.